The van der Waals surface area contributed by atoms with Gasteiger partial charge in [-0.05, 0) is 0 Å². The van der Waals surface area contributed by atoms with Gasteiger partial charge in [-0.3, -0.25) is 4.90 Å². The number of likely N-dealkylation sites (tertiary alicyclic amines) is 1. The molecule has 1 aliphatic rings. The van der Waals surface area contributed by atoms with Crippen LogP contribution in [0.25, 0.3) is 0 Å². The van der Waals surface area contributed by atoms with E-state index in [4.69, 9.17) is 5.11 Å². The number of nitrogens with one attached hydrogen (secondary N) is 1. The molecule has 0 spiro atoms. The van der Waals surface area contributed by atoms with E-state index in [9.17, 15) is 0 Å². The zero-order valence-electron chi connectivity index (χ0n) is 7.38. The molecule has 0 aromatic heterocycles. The minimum atomic E-state index is -0.0611. The molecule has 0 atom stereocenters. The average Bonchev–Trinajstić information content (AvgIpc) is 1.83. The normalized spacial score (nSPS) is 20.7. The Labute approximate surface area is 68.4 Å². The molecule has 11 heavy (non-hydrogen) atoms. The molecular formula is C8H18N2O. The van der Waals surface area contributed by atoms with Crippen molar-refractivity contribution in [2.45, 2.75) is 26.0 Å². The van der Waals surface area contributed by atoms with Gasteiger partial charge in [0, 0.05) is 32.2 Å². The van der Waals surface area contributed by atoms with Gasteiger partial charge in [-0.2, -0.15) is 0 Å². The molecule has 0 bridgehead atoms. The fourth-order valence-corrected chi connectivity index (χ4v) is 1.24. The van der Waals surface area contributed by atoms with Gasteiger partial charge in [0.25, 0.3) is 0 Å². The average molecular weight is 158 g/mol. The van der Waals surface area contributed by atoms with Gasteiger partial charge in [0.2, 0.25) is 0 Å². The molecule has 1 saturated heterocycles. The van der Waals surface area contributed by atoms with Gasteiger partial charge < -0.3 is 10.4 Å². The van der Waals surface area contributed by atoms with Gasteiger partial charge in [0.15, 0.2) is 0 Å². The first kappa shape index (κ1) is 8.97. The quantitative estimate of drug-likeness (QED) is 0.587. The lowest BCUT2D eigenvalue weighted by atomic mass is 10.2. The van der Waals surface area contributed by atoms with Crippen LogP contribution in [0.1, 0.15) is 13.8 Å². The summed E-state index contributed by atoms with van der Waals surface area (Å²) in [6, 6.07) is 0.571. The number of aliphatic hydroxyl groups excluding tert-OH is 1. The maximum absolute atomic E-state index is 8.96. The van der Waals surface area contributed by atoms with Gasteiger partial charge in [0.05, 0.1) is 6.10 Å². The molecular weight excluding hydrogens is 140 g/mol. The molecule has 0 aliphatic carbocycles. The molecule has 3 nitrogen and oxygen atoms in total. The van der Waals surface area contributed by atoms with E-state index < -0.39 is 0 Å². The molecule has 0 radical (unpaired) electrons. The molecule has 66 valence electrons. The zero-order chi connectivity index (χ0) is 8.27. The van der Waals surface area contributed by atoms with E-state index in [1.165, 1.54) is 0 Å². The predicted molar refractivity (Wildman–Crippen MR) is 45.6 cm³/mol. The van der Waals surface area contributed by atoms with Crippen LogP contribution < -0.4 is 5.32 Å². The van der Waals surface area contributed by atoms with Gasteiger partial charge in [-0.1, -0.05) is 13.8 Å². The fourth-order valence-electron chi connectivity index (χ4n) is 1.24. The summed E-state index contributed by atoms with van der Waals surface area (Å²) in [7, 11) is 0. The van der Waals surface area contributed by atoms with Crippen LogP contribution in [0, 0.1) is 0 Å². The summed E-state index contributed by atoms with van der Waals surface area (Å²) in [5.74, 6) is 0. The van der Waals surface area contributed by atoms with Crippen molar-refractivity contribution in [3.8, 4) is 0 Å². The van der Waals surface area contributed by atoms with Crippen molar-refractivity contribution in [3.63, 3.8) is 0 Å². The van der Waals surface area contributed by atoms with E-state index in [0.717, 1.165) is 26.2 Å². The molecule has 0 unspecified atom stereocenters. The van der Waals surface area contributed by atoms with E-state index in [1.807, 2.05) is 0 Å². The van der Waals surface area contributed by atoms with Gasteiger partial charge in [-0.15, -0.1) is 0 Å². The number of hydrogen-bond donors (Lipinski definition) is 2. The molecule has 0 amide bonds. The second-order valence-corrected chi connectivity index (χ2v) is 3.52. The Hall–Kier alpha value is -0.120. The van der Waals surface area contributed by atoms with Crippen LogP contribution >= 0.6 is 0 Å². The summed E-state index contributed by atoms with van der Waals surface area (Å²) in [6.45, 7) is 8.11. The Kier molecular flexibility index (Phi) is 3.30. The first-order chi connectivity index (χ1) is 5.18. The Morgan fingerprint density at radius 3 is 2.64 bits per heavy atom. The molecule has 0 saturated carbocycles. The number of nitrogens with zero attached hydrogens (tertiary/aromatic N) is 1. The van der Waals surface area contributed by atoms with Gasteiger partial charge >= 0.3 is 0 Å². The lowest BCUT2D eigenvalue weighted by Crippen LogP contribution is -2.52. The topological polar surface area (TPSA) is 35.5 Å². The maximum Gasteiger partial charge on any atom is 0.0793 e. The van der Waals surface area contributed by atoms with Crippen LogP contribution in [-0.2, 0) is 0 Å². The smallest absolute Gasteiger partial charge is 0.0793 e. The van der Waals surface area contributed by atoms with Crippen LogP contribution in [0.4, 0.5) is 0 Å². The Balaban J connectivity index is 1.89. The van der Waals surface area contributed by atoms with Crippen LogP contribution in [0.3, 0.4) is 0 Å². The highest BCUT2D eigenvalue weighted by Gasteiger charge is 2.22. The van der Waals surface area contributed by atoms with Crippen molar-refractivity contribution in [1.82, 2.24) is 10.2 Å². The summed E-state index contributed by atoms with van der Waals surface area (Å²) in [6.07, 6.45) is -0.0611. The van der Waals surface area contributed by atoms with Crippen LogP contribution in [0.15, 0.2) is 0 Å². The monoisotopic (exact) mass is 158 g/mol. The molecule has 2 N–H and O–H groups in total. The van der Waals surface area contributed by atoms with E-state index in [-0.39, 0.29) is 6.10 Å². The molecule has 0 aromatic rings. The third-order valence-corrected chi connectivity index (χ3v) is 1.92. The Morgan fingerprint density at radius 2 is 2.18 bits per heavy atom. The Morgan fingerprint density at radius 1 is 1.55 bits per heavy atom. The highest BCUT2D eigenvalue weighted by atomic mass is 16.3. The van der Waals surface area contributed by atoms with Crippen molar-refractivity contribution in [2.75, 3.05) is 26.2 Å². The molecule has 1 rings (SSSR count). The number of aliphatic hydroxyl groups is 1. The number of hydrogen-bond acceptors (Lipinski definition) is 3. The highest BCUT2D eigenvalue weighted by molar-refractivity contribution is 4.78. The van der Waals surface area contributed by atoms with Crippen LogP contribution in [0.2, 0.25) is 0 Å². The standard InChI is InChI=1S/C8H18N2O/c1-7(2)9-3-4-10-5-8(11)6-10/h7-9,11H,3-6H2,1-2H3. The lowest BCUT2D eigenvalue weighted by molar-refractivity contribution is 0.00299. The van der Waals surface area contributed by atoms with E-state index in [2.05, 4.69) is 24.1 Å². The van der Waals surface area contributed by atoms with Crippen LogP contribution in [0.5, 0.6) is 0 Å². The third kappa shape index (κ3) is 3.18. The maximum atomic E-state index is 8.96. The second-order valence-electron chi connectivity index (χ2n) is 3.52. The van der Waals surface area contributed by atoms with Crippen molar-refractivity contribution < 1.29 is 5.11 Å². The molecule has 1 aliphatic heterocycles. The van der Waals surface area contributed by atoms with Crippen molar-refractivity contribution >= 4 is 0 Å². The van der Waals surface area contributed by atoms with Crippen LogP contribution in [-0.4, -0.2) is 48.3 Å². The largest absolute Gasteiger partial charge is 0.390 e. The van der Waals surface area contributed by atoms with Crippen molar-refractivity contribution in [2.24, 2.45) is 0 Å². The molecule has 1 fully saturated rings. The van der Waals surface area contributed by atoms with Gasteiger partial charge in [0.1, 0.15) is 0 Å². The van der Waals surface area contributed by atoms with Crippen molar-refractivity contribution in [1.29, 1.82) is 0 Å². The first-order valence-corrected chi connectivity index (χ1v) is 4.32. The third-order valence-electron chi connectivity index (χ3n) is 1.92. The van der Waals surface area contributed by atoms with E-state index >= 15 is 0 Å². The highest BCUT2D eigenvalue weighted by Crippen LogP contribution is 2.04. The first-order valence-electron chi connectivity index (χ1n) is 4.32. The number of rotatable bonds is 4. The molecule has 1 heterocycles. The lowest BCUT2D eigenvalue weighted by Gasteiger charge is -2.35. The minimum Gasteiger partial charge on any atom is -0.390 e. The summed E-state index contributed by atoms with van der Waals surface area (Å²) in [4.78, 5) is 2.25. The van der Waals surface area contributed by atoms with Gasteiger partial charge in [-0.25, -0.2) is 0 Å². The second kappa shape index (κ2) is 4.04. The summed E-state index contributed by atoms with van der Waals surface area (Å²) in [5.41, 5.74) is 0. The van der Waals surface area contributed by atoms with Crippen molar-refractivity contribution in [3.05, 3.63) is 0 Å². The SMILES string of the molecule is CC(C)NCCN1CC(O)C1. The molecule has 0 aromatic carbocycles. The minimum absolute atomic E-state index is 0.0611. The number of β-amino-alcohol motifs (C(OH)–C–C–N with tert-alkyl or cyclic N) is 1. The summed E-state index contributed by atoms with van der Waals surface area (Å²) < 4.78 is 0. The Bertz CT molecular complexity index is 111. The predicted octanol–water partition coefficient (Wildman–Crippen LogP) is -0.339. The summed E-state index contributed by atoms with van der Waals surface area (Å²) in [5, 5.41) is 12.3. The zero-order valence-corrected chi connectivity index (χ0v) is 7.38. The molecule has 3 heteroatoms. The summed E-state index contributed by atoms with van der Waals surface area (Å²) >= 11 is 0. The fraction of sp³-hybridized carbons (Fsp3) is 1.00. The van der Waals surface area contributed by atoms with E-state index in [1.54, 1.807) is 0 Å². The van der Waals surface area contributed by atoms with E-state index in [0.29, 0.717) is 6.04 Å².